The molecule has 0 spiro atoms. The first-order valence-electron chi connectivity index (χ1n) is 6.34. The van der Waals surface area contributed by atoms with Gasteiger partial charge in [0.2, 0.25) is 10.0 Å². The van der Waals surface area contributed by atoms with Gasteiger partial charge in [-0.3, -0.25) is 9.78 Å². The Kier molecular flexibility index (Phi) is 4.56. The van der Waals surface area contributed by atoms with Gasteiger partial charge in [-0.15, -0.1) is 0 Å². The van der Waals surface area contributed by atoms with E-state index in [1.165, 1.54) is 18.2 Å². The lowest BCUT2D eigenvalue weighted by Crippen LogP contribution is -2.27. The van der Waals surface area contributed by atoms with Crippen LogP contribution in [0.3, 0.4) is 0 Å². The molecular weight excluding hydrogens is 296 g/mol. The number of hydrogen-bond acceptors (Lipinski definition) is 5. The molecule has 0 aliphatic heterocycles. The fraction of sp³-hybridized carbons (Fsp3) is 0.333. The van der Waals surface area contributed by atoms with E-state index in [-0.39, 0.29) is 15.8 Å². The van der Waals surface area contributed by atoms with Crippen LogP contribution in [0.1, 0.15) is 6.42 Å². The van der Waals surface area contributed by atoms with Gasteiger partial charge in [0.1, 0.15) is 0 Å². The standard InChI is InChI=1S/C12H16N4O4S/c1-13-5-2-6-14-21(19,20)8-3-4-10-9(7-8)11(17)16-12(18)15-10/h3-4,7,13-14H,2,5-6H2,1H3,(H2,15,16,17,18). The maximum atomic E-state index is 12.1. The summed E-state index contributed by atoms with van der Waals surface area (Å²) < 4.78 is 26.7. The average molecular weight is 312 g/mol. The first kappa shape index (κ1) is 15.4. The van der Waals surface area contributed by atoms with Crippen LogP contribution in [0.4, 0.5) is 0 Å². The van der Waals surface area contributed by atoms with Crippen LogP contribution in [-0.2, 0) is 10.0 Å². The molecule has 0 saturated carbocycles. The van der Waals surface area contributed by atoms with Gasteiger partial charge < -0.3 is 10.3 Å². The molecule has 8 nitrogen and oxygen atoms in total. The molecule has 0 aliphatic carbocycles. The lowest BCUT2D eigenvalue weighted by atomic mass is 10.2. The largest absolute Gasteiger partial charge is 0.326 e. The van der Waals surface area contributed by atoms with E-state index in [4.69, 9.17) is 0 Å². The number of aromatic nitrogens is 2. The van der Waals surface area contributed by atoms with Crippen LogP contribution < -0.4 is 21.3 Å². The predicted octanol–water partition coefficient (Wildman–Crippen LogP) is -0.896. The summed E-state index contributed by atoms with van der Waals surface area (Å²) in [5.74, 6) is 0. The molecule has 0 unspecified atom stereocenters. The Morgan fingerprint density at radius 3 is 2.62 bits per heavy atom. The average Bonchev–Trinajstić information content (AvgIpc) is 2.43. The molecule has 0 radical (unpaired) electrons. The third kappa shape index (κ3) is 3.57. The molecule has 9 heteroatoms. The van der Waals surface area contributed by atoms with E-state index in [0.29, 0.717) is 19.5 Å². The first-order chi connectivity index (χ1) is 9.94. The van der Waals surface area contributed by atoms with Gasteiger partial charge in [-0.1, -0.05) is 0 Å². The van der Waals surface area contributed by atoms with Crippen molar-refractivity contribution in [1.29, 1.82) is 0 Å². The fourth-order valence-corrected chi connectivity index (χ4v) is 2.97. The Balaban J connectivity index is 2.34. The maximum Gasteiger partial charge on any atom is 0.326 e. The summed E-state index contributed by atoms with van der Waals surface area (Å²) in [6, 6.07) is 3.98. The van der Waals surface area contributed by atoms with Crippen molar-refractivity contribution in [3.63, 3.8) is 0 Å². The van der Waals surface area contributed by atoms with Crippen LogP contribution in [0, 0.1) is 0 Å². The van der Waals surface area contributed by atoms with Crippen molar-refractivity contribution in [2.75, 3.05) is 20.1 Å². The monoisotopic (exact) mass is 312 g/mol. The lowest BCUT2D eigenvalue weighted by Gasteiger charge is -2.07. The van der Waals surface area contributed by atoms with Gasteiger partial charge in [0.15, 0.2) is 0 Å². The van der Waals surface area contributed by atoms with Gasteiger partial charge >= 0.3 is 5.69 Å². The highest BCUT2D eigenvalue weighted by Gasteiger charge is 2.14. The first-order valence-corrected chi connectivity index (χ1v) is 7.83. The molecule has 21 heavy (non-hydrogen) atoms. The highest BCUT2D eigenvalue weighted by molar-refractivity contribution is 7.89. The van der Waals surface area contributed by atoms with Crippen molar-refractivity contribution in [1.82, 2.24) is 20.0 Å². The summed E-state index contributed by atoms with van der Waals surface area (Å²) in [4.78, 5) is 27.3. The van der Waals surface area contributed by atoms with Crippen molar-refractivity contribution >= 4 is 20.9 Å². The van der Waals surface area contributed by atoms with Crippen molar-refractivity contribution in [2.45, 2.75) is 11.3 Å². The summed E-state index contributed by atoms with van der Waals surface area (Å²) in [5.41, 5.74) is -0.966. The smallest absolute Gasteiger partial charge is 0.320 e. The van der Waals surface area contributed by atoms with Gasteiger partial charge in [-0.05, 0) is 38.2 Å². The van der Waals surface area contributed by atoms with Crippen LogP contribution in [0.15, 0.2) is 32.7 Å². The van der Waals surface area contributed by atoms with E-state index in [1.807, 2.05) is 0 Å². The number of aromatic amines is 2. The molecule has 114 valence electrons. The topological polar surface area (TPSA) is 124 Å². The minimum atomic E-state index is -3.68. The second-order valence-electron chi connectivity index (χ2n) is 4.47. The molecule has 0 fully saturated rings. The van der Waals surface area contributed by atoms with E-state index in [2.05, 4.69) is 20.0 Å². The summed E-state index contributed by atoms with van der Waals surface area (Å²) >= 11 is 0. The van der Waals surface area contributed by atoms with Crippen molar-refractivity contribution < 1.29 is 8.42 Å². The molecule has 1 heterocycles. The summed E-state index contributed by atoms with van der Waals surface area (Å²) in [6.07, 6.45) is 0.650. The molecule has 2 rings (SSSR count). The van der Waals surface area contributed by atoms with E-state index < -0.39 is 21.3 Å². The quantitative estimate of drug-likeness (QED) is 0.515. The number of hydrogen-bond donors (Lipinski definition) is 4. The molecule has 0 bridgehead atoms. The van der Waals surface area contributed by atoms with Crippen LogP contribution in [0.2, 0.25) is 0 Å². The molecule has 0 aliphatic rings. The molecule has 2 aromatic rings. The number of rotatable bonds is 6. The Labute approximate surface area is 120 Å². The number of H-pyrrole nitrogens is 2. The minimum Gasteiger partial charge on any atom is -0.320 e. The Bertz CT molecular complexity index is 853. The third-order valence-corrected chi connectivity index (χ3v) is 4.38. The molecule has 0 saturated heterocycles. The van der Waals surface area contributed by atoms with E-state index in [0.717, 1.165) is 0 Å². The Morgan fingerprint density at radius 2 is 1.90 bits per heavy atom. The minimum absolute atomic E-state index is 0.0167. The van der Waals surface area contributed by atoms with Crippen LogP contribution in [-0.4, -0.2) is 38.5 Å². The number of sulfonamides is 1. The lowest BCUT2D eigenvalue weighted by molar-refractivity contribution is 0.577. The molecule has 4 N–H and O–H groups in total. The molecule has 0 atom stereocenters. The van der Waals surface area contributed by atoms with Crippen molar-refractivity contribution in [2.24, 2.45) is 0 Å². The zero-order chi connectivity index (χ0) is 15.5. The molecule has 0 amide bonds. The Hall–Kier alpha value is -1.97. The van der Waals surface area contributed by atoms with Gasteiger partial charge in [0, 0.05) is 6.54 Å². The van der Waals surface area contributed by atoms with Crippen LogP contribution >= 0.6 is 0 Å². The number of fused-ring (bicyclic) bond motifs is 1. The SMILES string of the molecule is CNCCCNS(=O)(=O)c1ccc2[nH]c(=O)[nH]c(=O)c2c1. The summed E-state index contributed by atoms with van der Waals surface area (Å²) in [5, 5.41) is 3.03. The summed E-state index contributed by atoms with van der Waals surface area (Å²) in [6.45, 7) is 0.990. The third-order valence-electron chi connectivity index (χ3n) is 2.92. The predicted molar refractivity (Wildman–Crippen MR) is 78.9 cm³/mol. The second-order valence-corrected chi connectivity index (χ2v) is 6.24. The number of benzene rings is 1. The van der Waals surface area contributed by atoms with E-state index in [1.54, 1.807) is 7.05 Å². The van der Waals surface area contributed by atoms with E-state index in [9.17, 15) is 18.0 Å². The van der Waals surface area contributed by atoms with Crippen LogP contribution in [0.5, 0.6) is 0 Å². The fourth-order valence-electron chi connectivity index (χ4n) is 1.87. The normalized spacial score (nSPS) is 11.9. The Morgan fingerprint density at radius 1 is 1.14 bits per heavy atom. The zero-order valence-electron chi connectivity index (χ0n) is 11.4. The summed E-state index contributed by atoms with van der Waals surface area (Å²) in [7, 11) is -1.90. The highest BCUT2D eigenvalue weighted by atomic mass is 32.2. The highest BCUT2D eigenvalue weighted by Crippen LogP contribution is 2.13. The van der Waals surface area contributed by atoms with Crippen molar-refractivity contribution in [3.8, 4) is 0 Å². The van der Waals surface area contributed by atoms with Crippen LogP contribution in [0.25, 0.3) is 10.9 Å². The van der Waals surface area contributed by atoms with Gasteiger partial charge in [-0.2, -0.15) is 0 Å². The maximum absolute atomic E-state index is 12.1. The van der Waals surface area contributed by atoms with Crippen molar-refractivity contribution in [3.05, 3.63) is 39.0 Å². The molecular formula is C12H16N4O4S. The molecule has 1 aromatic carbocycles. The zero-order valence-corrected chi connectivity index (χ0v) is 12.2. The van der Waals surface area contributed by atoms with E-state index >= 15 is 0 Å². The van der Waals surface area contributed by atoms with Gasteiger partial charge in [-0.25, -0.2) is 17.9 Å². The van der Waals surface area contributed by atoms with Gasteiger partial charge in [0.05, 0.1) is 15.8 Å². The second kappa shape index (κ2) is 6.20. The molecule has 1 aromatic heterocycles. The van der Waals surface area contributed by atoms with Gasteiger partial charge in [0.25, 0.3) is 5.56 Å². The number of nitrogens with one attached hydrogen (secondary N) is 4.